The molecule has 20 heavy (non-hydrogen) atoms. The third-order valence-electron chi connectivity index (χ3n) is 3.69. The van der Waals surface area contributed by atoms with Crippen LogP contribution >= 0.6 is 0 Å². The minimum atomic E-state index is -3.43. The molecule has 1 aliphatic heterocycles. The summed E-state index contributed by atoms with van der Waals surface area (Å²) >= 11 is 0. The minimum absolute atomic E-state index is 0.00516. The van der Waals surface area contributed by atoms with Gasteiger partial charge in [-0.05, 0) is 37.6 Å². The summed E-state index contributed by atoms with van der Waals surface area (Å²) in [5, 5.41) is 3.04. The summed E-state index contributed by atoms with van der Waals surface area (Å²) in [5.74, 6) is 0. The molecule has 2 rings (SSSR count). The van der Waals surface area contributed by atoms with Crippen LogP contribution in [-0.4, -0.2) is 46.1 Å². The van der Waals surface area contributed by atoms with Crippen LogP contribution in [0.5, 0.6) is 0 Å². The van der Waals surface area contributed by atoms with E-state index in [1.165, 1.54) is 4.31 Å². The maximum Gasteiger partial charge on any atom is 0.243 e. The molecule has 5 nitrogen and oxygen atoms in total. The van der Waals surface area contributed by atoms with E-state index in [1.54, 1.807) is 13.2 Å². The first-order valence-electron chi connectivity index (χ1n) is 6.76. The number of nitrogens with one attached hydrogen (secondary N) is 1. The van der Waals surface area contributed by atoms with Crippen LogP contribution in [0.2, 0.25) is 0 Å². The van der Waals surface area contributed by atoms with Crippen molar-refractivity contribution in [1.29, 1.82) is 0 Å². The average Bonchev–Trinajstić information content (AvgIpc) is 2.90. The van der Waals surface area contributed by atoms with E-state index in [9.17, 15) is 8.42 Å². The lowest BCUT2D eigenvalue weighted by molar-refractivity contribution is 0.115. The number of ether oxygens (including phenoxy) is 1. The highest BCUT2D eigenvalue weighted by molar-refractivity contribution is 7.89. The summed E-state index contributed by atoms with van der Waals surface area (Å²) in [6, 6.07) is 5.58. The summed E-state index contributed by atoms with van der Waals surface area (Å²) in [5.41, 5.74) is 1.75. The van der Waals surface area contributed by atoms with Gasteiger partial charge in [0.15, 0.2) is 0 Å². The Morgan fingerprint density at radius 1 is 1.45 bits per heavy atom. The van der Waals surface area contributed by atoms with Gasteiger partial charge in [-0.15, -0.1) is 0 Å². The van der Waals surface area contributed by atoms with E-state index in [0.29, 0.717) is 24.5 Å². The first-order valence-corrected chi connectivity index (χ1v) is 8.20. The van der Waals surface area contributed by atoms with Gasteiger partial charge in [0.1, 0.15) is 0 Å². The third-order valence-corrected chi connectivity index (χ3v) is 5.70. The predicted molar refractivity (Wildman–Crippen MR) is 78.1 cm³/mol. The predicted octanol–water partition coefficient (Wildman–Crippen LogP) is 1.12. The van der Waals surface area contributed by atoms with Crippen molar-refractivity contribution in [2.75, 3.05) is 27.2 Å². The van der Waals surface area contributed by atoms with Crippen LogP contribution in [0.1, 0.15) is 17.5 Å². The second kappa shape index (κ2) is 6.22. The highest BCUT2D eigenvalue weighted by atomic mass is 32.2. The molecule has 1 aromatic rings. The Morgan fingerprint density at radius 2 is 2.20 bits per heavy atom. The maximum atomic E-state index is 12.7. The van der Waals surface area contributed by atoms with E-state index in [4.69, 9.17) is 4.74 Å². The standard InChI is InChI=1S/C14H22N2O3S/c1-11-4-5-12(9-15-2)8-14(11)20(17,18)16-7-6-13(10-16)19-3/h4-5,8,13,15H,6-7,9-10H2,1-3H3. The molecule has 112 valence electrons. The minimum Gasteiger partial charge on any atom is -0.380 e. The Hall–Kier alpha value is -0.950. The van der Waals surface area contributed by atoms with Crippen LogP contribution in [0.25, 0.3) is 0 Å². The van der Waals surface area contributed by atoms with Crippen molar-refractivity contribution in [3.05, 3.63) is 29.3 Å². The molecular formula is C14H22N2O3S. The lowest BCUT2D eigenvalue weighted by Crippen LogP contribution is -2.30. The molecule has 0 spiro atoms. The number of methoxy groups -OCH3 is 1. The van der Waals surface area contributed by atoms with E-state index in [2.05, 4.69) is 5.32 Å². The topological polar surface area (TPSA) is 58.6 Å². The molecule has 0 bridgehead atoms. The Morgan fingerprint density at radius 3 is 2.80 bits per heavy atom. The second-order valence-electron chi connectivity index (χ2n) is 5.14. The van der Waals surface area contributed by atoms with Gasteiger partial charge >= 0.3 is 0 Å². The number of nitrogens with zero attached hydrogens (tertiary/aromatic N) is 1. The van der Waals surface area contributed by atoms with Crippen molar-refractivity contribution >= 4 is 10.0 Å². The number of sulfonamides is 1. The zero-order chi connectivity index (χ0) is 14.8. The smallest absolute Gasteiger partial charge is 0.243 e. The summed E-state index contributed by atoms with van der Waals surface area (Å²) < 4.78 is 32.2. The SMILES string of the molecule is CNCc1ccc(C)c(S(=O)(=O)N2CCC(OC)C2)c1. The molecule has 6 heteroatoms. The summed E-state index contributed by atoms with van der Waals surface area (Å²) in [6.45, 7) is 3.45. The molecular weight excluding hydrogens is 276 g/mol. The molecule has 1 aromatic carbocycles. The van der Waals surface area contributed by atoms with Crippen molar-refractivity contribution in [2.45, 2.75) is 30.9 Å². The second-order valence-corrected chi connectivity index (χ2v) is 7.05. The van der Waals surface area contributed by atoms with Crippen LogP contribution in [0.15, 0.2) is 23.1 Å². The fourth-order valence-corrected chi connectivity index (χ4v) is 4.25. The van der Waals surface area contributed by atoms with Gasteiger partial charge in [0.05, 0.1) is 11.0 Å². The molecule has 1 heterocycles. The van der Waals surface area contributed by atoms with Crippen LogP contribution in [0, 0.1) is 6.92 Å². The summed E-state index contributed by atoms with van der Waals surface area (Å²) in [4.78, 5) is 0.405. The maximum absolute atomic E-state index is 12.7. The van der Waals surface area contributed by atoms with E-state index in [1.807, 2.05) is 26.1 Å². The number of hydrogen-bond acceptors (Lipinski definition) is 4. The molecule has 1 fully saturated rings. The fraction of sp³-hybridized carbons (Fsp3) is 0.571. The molecule has 1 unspecified atom stereocenters. The molecule has 1 saturated heterocycles. The van der Waals surface area contributed by atoms with E-state index >= 15 is 0 Å². The van der Waals surface area contributed by atoms with Gasteiger partial charge < -0.3 is 10.1 Å². The fourth-order valence-electron chi connectivity index (χ4n) is 2.48. The molecule has 1 N–H and O–H groups in total. The van der Waals surface area contributed by atoms with Gasteiger partial charge in [-0.1, -0.05) is 12.1 Å². The Balaban J connectivity index is 2.32. The molecule has 0 aromatic heterocycles. The van der Waals surface area contributed by atoms with Crippen LogP contribution < -0.4 is 5.32 Å². The zero-order valence-electron chi connectivity index (χ0n) is 12.2. The Labute approximate surface area is 121 Å². The van der Waals surface area contributed by atoms with E-state index in [-0.39, 0.29) is 6.10 Å². The van der Waals surface area contributed by atoms with Crippen molar-refractivity contribution in [1.82, 2.24) is 9.62 Å². The first kappa shape index (κ1) is 15.4. The van der Waals surface area contributed by atoms with Crippen LogP contribution in [0.3, 0.4) is 0 Å². The van der Waals surface area contributed by atoms with Crippen molar-refractivity contribution < 1.29 is 13.2 Å². The molecule has 1 aliphatic rings. The van der Waals surface area contributed by atoms with Gasteiger partial charge in [-0.2, -0.15) is 4.31 Å². The number of rotatable bonds is 5. The molecule has 0 saturated carbocycles. The number of benzene rings is 1. The van der Waals surface area contributed by atoms with Gasteiger partial charge in [0, 0.05) is 26.7 Å². The van der Waals surface area contributed by atoms with Crippen molar-refractivity contribution in [2.24, 2.45) is 0 Å². The van der Waals surface area contributed by atoms with E-state index < -0.39 is 10.0 Å². The first-order chi connectivity index (χ1) is 9.48. The molecule has 0 radical (unpaired) electrons. The van der Waals surface area contributed by atoms with Gasteiger partial charge in [0.25, 0.3) is 0 Å². The largest absolute Gasteiger partial charge is 0.380 e. The molecule has 1 atom stereocenters. The average molecular weight is 298 g/mol. The van der Waals surface area contributed by atoms with Gasteiger partial charge in [0.2, 0.25) is 10.0 Å². The zero-order valence-corrected chi connectivity index (χ0v) is 13.0. The summed E-state index contributed by atoms with van der Waals surface area (Å²) in [7, 11) is 0.0419. The normalized spacial score (nSPS) is 20.4. The third kappa shape index (κ3) is 3.03. The lowest BCUT2D eigenvalue weighted by atomic mass is 10.1. The molecule has 0 aliphatic carbocycles. The Kier molecular flexibility index (Phi) is 4.80. The monoisotopic (exact) mass is 298 g/mol. The molecule has 0 amide bonds. The van der Waals surface area contributed by atoms with Gasteiger partial charge in [-0.25, -0.2) is 8.42 Å². The summed E-state index contributed by atoms with van der Waals surface area (Å²) in [6.07, 6.45) is 0.760. The highest BCUT2D eigenvalue weighted by Gasteiger charge is 2.33. The van der Waals surface area contributed by atoms with Gasteiger partial charge in [-0.3, -0.25) is 0 Å². The van der Waals surface area contributed by atoms with Crippen molar-refractivity contribution in [3.8, 4) is 0 Å². The highest BCUT2D eigenvalue weighted by Crippen LogP contribution is 2.25. The van der Waals surface area contributed by atoms with Crippen molar-refractivity contribution in [3.63, 3.8) is 0 Å². The number of hydrogen-bond donors (Lipinski definition) is 1. The van der Waals surface area contributed by atoms with Crippen LogP contribution in [0.4, 0.5) is 0 Å². The van der Waals surface area contributed by atoms with Crippen LogP contribution in [-0.2, 0) is 21.3 Å². The quantitative estimate of drug-likeness (QED) is 0.885. The van der Waals surface area contributed by atoms with E-state index in [0.717, 1.165) is 17.5 Å². The lowest BCUT2D eigenvalue weighted by Gasteiger charge is -2.18. The Bertz CT molecular complexity index is 572. The number of aryl methyl sites for hydroxylation is 1.